The molecule has 0 radical (unpaired) electrons. The molecule has 1 aliphatic heterocycles. The van der Waals surface area contributed by atoms with E-state index >= 15 is 0 Å². The second-order valence-corrected chi connectivity index (χ2v) is 8.46. The maximum Gasteiger partial charge on any atom is 0.347 e. The molecule has 0 saturated carbocycles. The number of nitrogens with zero attached hydrogens (tertiary/aromatic N) is 3. The molecule has 12 heteroatoms. The Morgan fingerprint density at radius 2 is 1.62 bits per heavy atom. The highest BCUT2D eigenvalue weighted by Gasteiger charge is 2.56. The first-order chi connectivity index (χ1) is 15.1. The first kappa shape index (κ1) is 23.6. The van der Waals surface area contributed by atoms with Gasteiger partial charge in [-0.25, -0.2) is 15.4 Å². The van der Waals surface area contributed by atoms with Crippen LogP contribution in [0.5, 0.6) is 0 Å². The fourth-order valence-corrected chi connectivity index (χ4v) is 3.74. The predicted octanol–water partition coefficient (Wildman–Crippen LogP) is 3.25. The van der Waals surface area contributed by atoms with E-state index in [1.54, 1.807) is 62.4 Å². The summed E-state index contributed by atoms with van der Waals surface area (Å²) in [7, 11) is 0. The third-order valence-corrected chi connectivity index (χ3v) is 5.62. The predicted molar refractivity (Wildman–Crippen MR) is 120 cm³/mol. The molecule has 0 unspecified atom stereocenters. The van der Waals surface area contributed by atoms with Gasteiger partial charge in [0.05, 0.1) is 5.54 Å². The van der Waals surface area contributed by atoms with Crippen LogP contribution in [0.4, 0.5) is 21.0 Å². The summed E-state index contributed by atoms with van der Waals surface area (Å²) in [6, 6.07) is 11.1. The van der Waals surface area contributed by atoms with Gasteiger partial charge in [0.2, 0.25) is 0 Å². The monoisotopic (exact) mass is 480 g/mol. The lowest BCUT2D eigenvalue weighted by Gasteiger charge is -2.38. The van der Waals surface area contributed by atoms with E-state index in [9.17, 15) is 19.6 Å². The van der Waals surface area contributed by atoms with Crippen LogP contribution < -0.4 is 21.5 Å². The first-order valence-electron chi connectivity index (χ1n) is 9.46. The van der Waals surface area contributed by atoms with Crippen molar-refractivity contribution < 1.29 is 19.6 Å². The number of halogens is 2. The molecule has 1 atom stereocenters. The zero-order chi connectivity index (χ0) is 23.6. The van der Waals surface area contributed by atoms with Crippen molar-refractivity contribution in [3.63, 3.8) is 0 Å². The van der Waals surface area contributed by atoms with Crippen LogP contribution in [0.1, 0.15) is 13.8 Å². The average Bonchev–Trinajstić information content (AvgIpc) is 2.95. The SMILES string of the molecule is CC1(C)[C@@H](N(O)C(=O)Nc2ccc(Cl)cc2)N(c2ccc(Cl)cc2)C(=O)N1CC(=O)NN. The van der Waals surface area contributed by atoms with Crippen molar-refractivity contribution in [1.82, 2.24) is 15.4 Å². The van der Waals surface area contributed by atoms with Gasteiger partial charge in [0.25, 0.3) is 5.91 Å². The molecule has 1 fully saturated rings. The van der Waals surface area contributed by atoms with Crippen LogP contribution in [-0.4, -0.2) is 51.4 Å². The van der Waals surface area contributed by atoms with E-state index in [-0.39, 0.29) is 6.54 Å². The van der Waals surface area contributed by atoms with Crippen LogP contribution >= 0.6 is 23.2 Å². The second kappa shape index (κ2) is 9.21. The Kier molecular flexibility index (Phi) is 6.79. The number of hydroxylamine groups is 2. The van der Waals surface area contributed by atoms with E-state index in [1.807, 2.05) is 5.43 Å². The fraction of sp³-hybridized carbons (Fsp3) is 0.250. The molecule has 5 amide bonds. The summed E-state index contributed by atoms with van der Waals surface area (Å²) in [5, 5.41) is 14.8. The van der Waals surface area contributed by atoms with Crippen molar-refractivity contribution in [3.05, 3.63) is 58.6 Å². The fourth-order valence-electron chi connectivity index (χ4n) is 3.48. The molecule has 2 aromatic rings. The molecule has 170 valence electrons. The topological polar surface area (TPSA) is 131 Å². The highest BCUT2D eigenvalue weighted by molar-refractivity contribution is 6.31. The lowest BCUT2D eigenvalue weighted by molar-refractivity contribution is -0.124. The molecule has 2 aromatic carbocycles. The van der Waals surface area contributed by atoms with Gasteiger partial charge in [-0.3, -0.25) is 20.3 Å². The number of carbonyl (C=O) groups is 3. The molecule has 10 nitrogen and oxygen atoms in total. The summed E-state index contributed by atoms with van der Waals surface area (Å²) >= 11 is 11.8. The molecule has 5 N–H and O–H groups in total. The molecule has 0 spiro atoms. The summed E-state index contributed by atoms with van der Waals surface area (Å²) < 4.78 is 0. The van der Waals surface area contributed by atoms with Crippen LogP contribution in [0.25, 0.3) is 0 Å². The van der Waals surface area contributed by atoms with Crippen molar-refractivity contribution >= 4 is 52.5 Å². The van der Waals surface area contributed by atoms with Crippen molar-refractivity contribution in [2.75, 3.05) is 16.8 Å². The number of benzene rings is 2. The van der Waals surface area contributed by atoms with E-state index in [2.05, 4.69) is 5.32 Å². The molecule has 1 saturated heterocycles. The Morgan fingerprint density at radius 1 is 1.09 bits per heavy atom. The number of nitrogens with two attached hydrogens (primary N) is 1. The number of hydrogen-bond acceptors (Lipinski definition) is 5. The summed E-state index contributed by atoms with van der Waals surface area (Å²) in [5.74, 6) is 4.57. The largest absolute Gasteiger partial charge is 0.347 e. The second-order valence-electron chi connectivity index (χ2n) is 7.59. The Hall–Kier alpha value is -3.05. The minimum Gasteiger partial charge on any atom is -0.306 e. The molecule has 3 rings (SSSR count). The van der Waals surface area contributed by atoms with Gasteiger partial charge in [0, 0.05) is 21.4 Å². The van der Waals surface area contributed by atoms with Gasteiger partial charge in [0.1, 0.15) is 6.54 Å². The third-order valence-electron chi connectivity index (χ3n) is 5.11. The van der Waals surface area contributed by atoms with E-state index in [4.69, 9.17) is 29.0 Å². The smallest absolute Gasteiger partial charge is 0.306 e. The van der Waals surface area contributed by atoms with Crippen molar-refractivity contribution in [2.24, 2.45) is 5.84 Å². The van der Waals surface area contributed by atoms with Crippen LogP contribution in [-0.2, 0) is 4.79 Å². The molecular formula is C20H22Cl2N6O4. The summed E-state index contributed by atoms with van der Waals surface area (Å²) in [6.07, 6.45) is -1.20. The van der Waals surface area contributed by atoms with Crippen molar-refractivity contribution in [3.8, 4) is 0 Å². The summed E-state index contributed by atoms with van der Waals surface area (Å²) in [5.41, 5.74) is 1.54. The quantitative estimate of drug-likeness (QED) is 0.225. The van der Waals surface area contributed by atoms with E-state index in [0.717, 1.165) is 0 Å². The molecule has 1 aliphatic rings. The number of carbonyl (C=O) groups excluding carboxylic acids is 3. The highest BCUT2D eigenvalue weighted by Crippen LogP contribution is 2.38. The van der Waals surface area contributed by atoms with Gasteiger partial charge in [-0.1, -0.05) is 23.2 Å². The maximum absolute atomic E-state index is 13.3. The first-order valence-corrected chi connectivity index (χ1v) is 10.2. The maximum atomic E-state index is 13.3. The number of urea groups is 2. The number of amides is 5. The average molecular weight is 481 g/mol. The Bertz CT molecular complexity index is 1020. The van der Waals surface area contributed by atoms with E-state index in [1.165, 1.54) is 9.80 Å². The van der Waals surface area contributed by atoms with Crippen LogP contribution in [0.3, 0.4) is 0 Å². The minimum atomic E-state index is -1.20. The molecule has 1 heterocycles. The van der Waals surface area contributed by atoms with Gasteiger partial charge in [-0.05, 0) is 62.4 Å². The number of hydrazine groups is 1. The summed E-state index contributed by atoms with van der Waals surface area (Å²) in [6.45, 7) is 2.86. The number of hydrogen-bond donors (Lipinski definition) is 4. The van der Waals surface area contributed by atoms with Crippen molar-refractivity contribution in [2.45, 2.75) is 25.6 Å². The van der Waals surface area contributed by atoms with E-state index < -0.39 is 29.7 Å². The Morgan fingerprint density at radius 3 is 2.16 bits per heavy atom. The molecule has 0 aliphatic carbocycles. The van der Waals surface area contributed by atoms with Crippen molar-refractivity contribution in [1.29, 1.82) is 0 Å². The molecule has 32 heavy (non-hydrogen) atoms. The normalized spacial score (nSPS) is 17.3. The van der Waals surface area contributed by atoms with Gasteiger partial charge in [0.15, 0.2) is 6.17 Å². The lowest BCUT2D eigenvalue weighted by atomic mass is 9.99. The molecule has 0 aromatic heterocycles. The van der Waals surface area contributed by atoms with E-state index in [0.29, 0.717) is 26.5 Å². The number of anilines is 2. The number of nitrogens with one attached hydrogen (secondary N) is 2. The molecule has 0 bridgehead atoms. The van der Waals surface area contributed by atoms with Crippen LogP contribution in [0.2, 0.25) is 10.0 Å². The lowest BCUT2D eigenvalue weighted by Crippen LogP contribution is -2.58. The third kappa shape index (κ3) is 4.58. The summed E-state index contributed by atoms with van der Waals surface area (Å²) in [4.78, 5) is 40.5. The standard InChI is InChI=1S/C20H22Cl2N6O4/c1-20(2)17(28(32)18(30)24-14-7-3-12(21)4-8-14)27(15-9-5-13(22)6-10-15)19(31)26(20)11-16(29)25-23/h3-10,17,32H,11,23H2,1-2H3,(H,24,30)(H,25,29)/t17-/m1/s1. The van der Waals surface area contributed by atoms with Gasteiger partial charge in [-0.2, -0.15) is 5.06 Å². The van der Waals surface area contributed by atoms with Crippen LogP contribution in [0, 0.1) is 0 Å². The Balaban J connectivity index is 1.98. The minimum absolute atomic E-state index is 0.367. The highest BCUT2D eigenvalue weighted by atomic mass is 35.5. The zero-order valence-corrected chi connectivity index (χ0v) is 18.8. The van der Waals surface area contributed by atoms with Gasteiger partial charge >= 0.3 is 12.1 Å². The molecular weight excluding hydrogens is 459 g/mol. The van der Waals surface area contributed by atoms with Gasteiger partial charge in [-0.15, -0.1) is 0 Å². The van der Waals surface area contributed by atoms with Gasteiger partial charge < -0.3 is 10.2 Å². The zero-order valence-electron chi connectivity index (χ0n) is 17.3. The van der Waals surface area contributed by atoms with Crippen LogP contribution in [0.15, 0.2) is 48.5 Å². The Labute approximate surface area is 194 Å². The number of rotatable bonds is 5.